The van der Waals surface area contributed by atoms with Crippen LogP contribution in [-0.2, 0) is 9.84 Å². The van der Waals surface area contributed by atoms with Crippen LogP contribution in [0, 0.1) is 11.8 Å². The number of pyridine rings is 1. The van der Waals surface area contributed by atoms with E-state index in [1.165, 1.54) is 0 Å². The van der Waals surface area contributed by atoms with E-state index in [1.54, 1.807) is 18.3 Å². The summed E-state index contributed by atoms with van der Waals surface area (Å²) in [5.41, 5.74) is 0. The number of ether oxygens (including phenoxy) is 1. The fraction of sp³-hybridized carbons (Fsp3) is 0.688. The maximum atomic E-state index is 11.6. The van der Waals surface area contributed by atoms with Crippen molar-refractivity contribution in [3.8, 4) is 5.88 Å². The summed E-state index contributed by atoms with van der Waals surface area (Å²) in [6, 6.07) is 3.56. The molecule has 2 aliphatic heterocycles. The number of halogens is 1. The average molecular weight is 359 g/mol. The van der Waals surface area contributed by atoms with E-state index in [9.17, 15) is 8.42 Å². The fourth-order valence-corrected chi connectivity index (χ4v) is 5.53. The zero-order chi connectivity index (χ0) is 16.3. The summed E-state index contributed by atoms with van der Waals surface area (Å²) in [6.07, 6.45) is 4.74. The first-order chi connectivity index (χ1) is 11.0. The van der Waals surface area contributed by atoms with Gasteiger partial charge in [0.05, 0.1) is 18.1 Å². The molecule has 3 rings (SSSR count). The van der Waals surface area contributed by atoms with Crippen LogP contribution in [0.2, 0.25) is 5.02 Å². The van der Waals surface area contributed by atoms with Gasteiger partial charge in [0.2, 0.25) is 5.88 Å². The highest BCUT2D eigenvalue weighted by atomic mass is 35.5. The summed E-state index contributed by atoms with van der Waals surface area (Å²) in [7, 11) is -2.79. The molecule has 3 heterocycles. The van der Waals surface area contributed by atoms with Crippen LogP contribution in [0.15, 0.2) is 18.3 Å². The molecule has 1 aromatic heterocycles. The lowest BCUT2D eigenvalue weighted by Crippen LogP contribution is -2.40. The van der Waals surface area contributed by atoms with Crippen molar-refractivity contribution in [2.24, 2.45) is 11.8 Å². The van der Waals surface area contributed by atoms with Crippen molar-refractivity contribution >= 4 is 21.4 Å². The van der Waals surface area contributed by atoms with E-state index in [-0.39, 0.29) is 0 Å². The van der Waals surface area contributed by atoms with Crippen LogP contribution in [0.4, 0.5) is 0 Å². The smallest absolute Gasteiger partial charge is 0.232 e. The number of aromatic nitrogens is 1. The summed E-state index contributed by atoms with van der Waals surface area (Å²) in [5.74, 6) is 1.95. The van der Waals surface area contributed by atoms with Crippen molar-refractivity contribution < 1.29 is 13.2 Å². The minimum absolute atomic E-state index is 0.296. The highest BCUT2D eigenvalue weighted by Gasteiger charge is 2.30. The Bertz CT molecular complexity index is 638. The molecule has 0 aromatic carbocycles. The lowest BCUT2D eigenvalue weighted by Gasteiger charge is -2.33. The first-order valence-corrected chi connectivity index (χ1v) is 10.4. The molecule has 0 aliphatic carbocycles. The molecule has 128 valence electrons. The maximum absolute atomic E-state index is 11.6. The van der Waals surface area contributed by atoms with Crippen LogP contribution >= 0.6 is 11.6 Å². The lowest BCUT2D eigenvalue weighted by atomic mass is 9.97. The van der Waals surface area contributed by atoms with Gasteiger partial charge >= 0.3 is 0 Å². The van der Waals surface area contributed by atoms with E-state index in [0.29, 0.717) is 40.9 Å². The van der Waals surface area contributed by atoms with E-state index < -0.39 is 9.84 Å². The Morgan fingerprint density at radius 1 is 1.35 bits per heavy atom. The molecule has 2 saturated heterocycles. The number of piperidine rings is 1. The minimum atomic E-state index is -2.79. The second-order valence-corrected chi connectivity index (χ2v) is 9.27. The topological polar surface area (TPSA) is 59.5 Å². The van der Waals surface area contributed by atoms with Crippen molar-refractivity contribution in [1.29, 1.82) is 0 Å². The van der Waals surface area contributed by atoms with Crippen LogP contribution in [0.25, 0.3) is 0 Å². The zero-order valence-electron chi connectivity index (χ0n) is 13.2. The van der Waals surface area contributed by atoms with Gasteiger partial charge in [0.1, 0.15) is 5.02 Å². The Morgan fingerprint density at radius 3 is 2.96 bits per heavy atom. The molecule has 1 aromatic rings. The summed E-state index contributed by atoms with van der Waals surface area (Å²) in [6.45, 7) is 3.51. The zero-order valence-corrected chi connectivity index (χ0v) is 14.7. The third kappa shape index (κ3) is 4.81. The number of sulfone groups is 1. The highest BCUT2D eigenvalue weighted by Crippen LogP contribution is 2.25. The first-order valence-electron chi connectivity index (χ1n) is 8.18. The van der Waals surface area contributed by atoms with Gasteiger partial charge in [-0.25, -0.2) is 13.4 Å². The van der Waals surface area contributed by atoms with E-state index in [0.717, 1.165) is 38.9 Å². The van der Waals surface area contributed by atoms with Crippen LogP contribution < -0.4 is 4.74 Å². The van der Waals surface area contributed by atoms with E-state index >= 15 is 0 Å². The largest absolute Gasteiger partial charge is 0.476 e. The number of hydrogen-bond acceptors (Lipinski definition) is 5. The summed E-state index contributed by atoms with van der Waals surface area (Å²) < 4.78 is 28.9. The molecule has 2 aliphatic rings. The van der Waals surface area contributed by atoms with Crippen molar-refractivity contribution in [1.82, 2.24) is 9.88 Å². The molecule has 5 nitrogen and oxygen atoms in total. The fourth-order valence-electron chi connectivity index (χ4n) is 3.51. The molecule has 7 heteroatoms. The molecule has 2 fully saturated rings. The van der Waals surface area contributed by atoms with Crippen molar-refractivity contribution in [3.05, 3.63) is 23.4 Å². The van der Waals surface area contributed by atoms with Gasteiger partial charge in [-0.15, -0.1) is 0 Å². The monoisotopic (exact) mass is 358 g/mol. The van der Waals surface area contributed by atoms with E-state index in [4.69, 9.17) is 16.3 Å². The number of hydrogen-bond donors (Lipinski definition) is 0. The molecule has 0 spiro atoms. The van der Waals surface area contributed by atoms with Gasteiger partial charge in [0, 0.05) is 25.2 Å². The van der Waals surface area contributed by atoms with E-state index in [2.05, 4.69) is 9.88 Å². The highest BCUT2D eigenvalue weighted by molar-refractivity contribution is 7.91. The van der Waals surface area contributed by atoms with Gasteiger partial charge in [-0.05, 0) is 43.9 Å². The second-order valence-electron chi connectivity index (χ2n) is 6.64. The van der Waals surface area contributed by atoms with Gasteiger partial charge in [-0.2, -0.15) is 0 Å². The Balaban J connectivity index is 1.48. The summed E-state index contributed by atoms with van der Waals surface area (Å²) >= 11 is 6.06. The van der Waals surface area contributed by atoms with Crippen molar-refractivity contribution in [2.75, 3.05) is 37.7 Å². The van der Waals surface area contributed by atoms with Gasteiger partial charge < -0.3 is 9.64 Å². The number of rotatable bonds is 5. The summed E-state index contributed by atoms with van der Waals surface area (Å²) in [5, 5.41) is 0.538. The quantitative estimate of drug-likeness (QED) is 0.808. The molecule has 0 bridgehead atoms. The van der Waals surface area contributed by atoms with Crippen LogP contribution in [0.5, 0.6) is 5.88 Å². The Labute approximate surface area is 142 Å². The lowest BCUT2D eigenvalue weighted by molar-refractivity contribution is 0.117. The van der Waals surface area contributed by atoms with Gasteiger partial charge in [-0.1, -0.05) is 11.6 Å². The Morgan fingerprint density at radius 2 is 2.22 bits per heavy atom. The van der Waals surface area contributed by atoms with Crippen LogP contribution in [0.1, 0.15) is 19.3 Å². The predicted octanol–water partition coefficient (Wildman–Crippen LogP) is 2.26. The standard InChI is InChI=1S/C16H23ClN2O3S/c17-15-4-1-6-18-16(15)22-11-13-3-2-7-19(9-13)10-14-5-8-23(20,21)12-14/h1,4,6,13-14H,2-3,5,7-12H2. The first kappa shape index (κ1) is 17.0. The van der Waals surface area contributed by atoms with Crippen LogP contribution in [-0.4, -0.2) is 56.0 Å². The Hall–Kier alpha value is -0.850. The van der Waals surface area contributed by atoms with Crippen molar-refractivity contribution in [3.63, 3.8) is 0 Å². The van der Waals surface area contributed by atoms with Crippen molar-refractivity contribution in [2.45, 2.75) is 19.3 Å². The second kappa shape index (κ2) is 7.36. The molecule has 0 amide bonds. The average Bonchev–Trinajstić information content (AvgIpc) is 2.86. The number of likely N-dealkylation sites (tertiary alicyclic amines) is 1. The minimum Gasteiger partial charge on any atom is -0.476 e. The normalized spacial score (nSPS) is 27.9. The molecule has 0 radical (unpaired) electrons. The molecule has 0 saturated carbocycles. The molecule has 2 atom stereocenters. The molecule has 23 heavy (non-hydrogen) atoms. The maximum Gasteiger partial charge on any atom is 0.232 e. The summed E-state index contributed by atoms with van der Waals surface area (Å²) in [4.78, 5) is 6.54. The van der Waals surface area contributed by atoms with Gasteiger partial charge in [0.15, 0.2) is 9.84 Å². The SMILES string of the molecule is O=S1(=O)CCC(CN2CCCC(COc3ncccc3Cl)C2)C1. The van der Waals surface area contributed by atoms with E-state index in [1.807, 2.05) is 0 Å². The predicted molar refractivity (Wildman–Crippen MR) is 90.7 cm³/mol. The van der Waals surface area contributed by atoms with Gasteiger partial charge in [0.25, 0.3) is 0 Å². The Kier molecular flexibility index (Phi) is 5.44. The number of nitrogens with zero attached hydrogens (tertiary/aromatic N) is 2. The molecular weight excluding hydrogens is 336 g/mol. The van der Waals surface area contributed by atoms with Gasteiger partial charge in [-0.3, -0.25) is 0 Å². The third-order valence-electron chi connectivity index (χ3n) is 4.63. The molecule has 0 N–H and O–H groups in total. The molecule has 2 unspecified atom stereocenters. The third-order valence-corrected chi connectivity index (χ3v) is 6.75. The molecular formula is C16H23ClN2O3S. The van der Waals surface area contributed by atoms with Crippen LogP contribution in [0.3, 0.4) is 0 Å².